The van der Waals surface area contributed by atoms with Crippen molar-refractivity contribution < 1.29 is 33.3 Å². The maximum atomic E-state index is 12.4. The molecule has 0 aromatic heterocycles. The summed E-state index contributed by atoms with van der Waals surface area (Å²) in [6.45, 7) is 4.84. The quantitative estimate of drug-likeness (QED) is 0.693. The number of ether oxygens (including phenoxy) is 4. The van der Waals surface area contributed by atoms with Gasteiger partial charge in [0.1, 0.15) is 0 Å². The molecule has 0 N–H and O–H groups in total. The Morgan fingerprint density at radius 2 is 2.00 bits per heavy atom. The fraction of sp³-hybridized carbons (Fsp3) is 0.688. The lowest BCUT2D eigenvalue weighted by Gasteiger charge is -2.34. The molecule has 3 aliphatic rings. The molecule has 7 nitrogen and oxygen atoms in total. The summed E-state index contributed by atoms with van der Waals surface area (Å²) in [5.74, 6) is -3.02. The minimum atomic E-state index is -0.960. The average molecular weight is 324 g/mol. The summed E-state index contributed by atoms with van der Waals surface area (Å²) in [5, 5.41) is 0. The topological polar surface area (TPSA) is 88.1 Å². The maximum Gasteiger partial charge on any atom is 0.334 e. The number of rotatable bonds is 2. The van der Waals surface area contributed by atoms with E-state index >= 15 is 0 Å². The Kier molecular flexibility index (Phi) is 3.80. The van der Waals surface area contributed by atoms with Crippen LogP contribution in [-0.2, 0) is 33.3 Å². The molecule has 2 aliphatic carbocycles. The van der Waals surface area contributed by atoms with Crippen molar-refractivity contribution in [1.29, 1.82) is 0 Å². The van der Waals surface area contributed by atoms with Gasteiger partial charge in [-0.2, -0.15) is 0 Å². The molecule has 0 radical (unpaired) electrons. The van der Waals surface area contributed by atoms with Crippen molar-refractivity contribution >= 4 is 17.7 Å². The first-order valence-electron chi connectivity index (χ1n) is 7.60. The Balaban J connectivity index is 1.98. The minimum Gasteiger partial charge on any atom is -0.466 e. The smallest absolute Gasteiger partial charge is 0.334 e. The summed E-state index contributed by atoms with van der Waals surface area (Å²) >= 11 is 0. The van der Waals surface area contributed by atoms with Crippen LogP contribution < -0.4 is 0 Å². The predicted molar refractivity (Wildman–Crippen MR) is 76.1 cm³/mol. The van der Waals surface area contributed by atoms with Crippen molar-refractivity contribution in [1.82, 2.24) is 0 Å². The second kappa shape index (κ2) is 5.42. The molecule has 5 atom stereocenters. The fourth-order valence-corrected chi connectivity index (χ4v) is 3.90. The lowest BCUT2D eigenvalue weighted by Crippen LogP contribution is -2.46. The molecule has 126 valence electrons. The zero-order valence-corrected chi connectivity index (χ0v) is 13.5. The van der Waals surface area contributed by atoms with Crippen molar-refractivity contribution in [3.63, 3.8) is 0 Å². The lowest BCUT2D eigenvalue weighted by atomic mass is 9.77. The number of hydrogen-bond acceptors (Lipinski definition) is 7. The van der Waals surface area contributed by atoms with E-state index in [0.29, 0.717) is 12.0 Å². The largest absolute Gasteiger partial charge is 0.466 e. The third-order valence-electron chi connectivity index (χ3n) is 4.59. The molecular weight excluding hydrogens is 304 g/mol. The van der Waals surface area contributed by atoms with Gasteiger partial charge in [-0.1, -0.05) is 0 Å². The SMILES string of the molecule is COC(=O)C1=CC(=O)[C@H](OC(C)=O)[C@H]2[C@@H]3OC(C)(C)O[C@@H]3C[C@@H]12. The second-order valence-electron chi connectivity index (χ2n) is 6.58. The normalized spacial score (nSPS) is 37.7. The van der Waals surface area contributed by atoms with E-state index in [1.807, 2.05) is 0 Å². The number of carbonyl (C=O) groups excluding carboxylic acids is 3. The van der Waals surface area contributed by atoms with E-state index in [4.69, 9.17) is 18.9 Å². The van der Waals surface area contributed by atoms with Gasteiger partial charge >= 0.3 is 11.9 Å². The third kappa shape index (κ3) is 2.68. The number of hydrogen-bond donors (Lipinski definition) is 0. The summed E-state index contributed by atoms with van der Waals surface area (Å²) < 4.78 is 21.8. The van der Waals surface area contributed by atoms with Gasteiger partial charge in [0.05, 0.1) is 19.3 Å². The highest BCUT2D eigenvalue weighted by Crippen LogP contribution is 2.51. The van der Waals surface area contributed by atoms with Crippen LogP contribution in [0.3, 0.4) is 0 Å². The van der Waals surface area contributed by atoms with E-state index in [1.54, 1.807) is 13.8 Å². The molecule has 23 heavy (non-hydrogen) atoms. The van der Waals surface area contributed by atoms with Crippen molar-refractivity contribution in [2.45, 2.75) is 51.3 Å². The molecule has 0 spiro atoms. The van der Waals surface area contributed by atoms with Crippen LogP contribution in [0.4, 0.5) is 0 Å². The molecule has 1 saturated heterocycles. The summed E-state index contributed by atoms with van der Waals surface area (Å²) in [7, 11) is 1.27. The molecule has 0 unspecified atom stereocenters. The highest BCUT2D eigenvalue weighted by atomic mass is 16.8. The summed E-state index contributed by atoms with van der Waals surface area (Å²) in [5.41, 5.74) is 0.297. The van der Waals surface area contributed by atoms with E-state index < -0.39 is 41.6 Å². The van der Waals surface area contributed by atoms with Gasteiger partial charge in [-0.15, -0.1) is 0 Å². The van der Waals surface area contributed by atoms with E-state index in [1.165, 1.54) is 20.1 Å². The number of methoxy groups -OCH3 is 1. The van der Waals surface area contributed by atoms with E-state index in [2.05, 4.69) is 0 Å². The van der Waals surface area contributed by atoms with Gasteiger partial charge in [-0.25, -0.2) is 4.79 Å². The van der Waals surface area contributed by atoms with Crippen LogP contribution in [0, 0.1) is 11.8 Å². The molecule has 0 aromatic carbocycles. The van der Waals surface area contributed by atoms with Crippen LogP contribution in [0.25, 0.3) is 0 Å². The van der Waals surface area contributed by atoms with Gasteiger partial charge in [-0.3, -0.25) is 9.59 Å². The monoisotopic (exact) mass is 324 g/mol. The Morgan fingerprint density at radius 3 is 2.61 bits per heavy atom. The minimum absolute atomic E-state index is 0.253. The van der Waals surface area contributed by atoms with Crippen LogP contribution >= 0.6 is 0 Å². The van der Waals surface area contributed by atoms with Crippen molar-refractivity contribution in [3.05, 3.63) is 11.6 Å². The molecule has 3 rings (SSSR count). The van der Waals surface area contributed by atoms with Gasteiger partial charge in [0.25, 0.3) is 0 Å². The van der Waals surface area contributed by atoms with E-state index in [0.717, 1.165) is 0 Å². The number of fused-ring (bicyclic) bond motifs is 3. The van der Waals surface area contributed by atoms with Crippen LogP contribution in [-0.4, -0.2) is 48.9 Å². The molecule has 1 saturated carbocycles. The van der Waals surface area contributed by atoms with Gasteiger partial charge in [-0.05, 0) is 26.3 Å². The van der Waals surface area contributed by atoms with Crippen LogP contribution in [0.1, 0.15) is 27.2 Å². The highest BCUT2D eigenvalue weighted by Gasteiger charge is 2.60. The molecule has 0 bridgehead atoms. The average Bonchev–Trinajstić information content (AvgIpc) is 2.92. The molecule has 0 amide bonds. The van der Waals surface area contributed by atoms with Gasteiger partial charge in [0.2, 0.25) is 0 Å². The Morgan fingerprint density at radius 1 is 1.30 bits per heavy atom. The van der Waals surface area contributed by atoms with Gasteiger partial charge < -0.3 is 18.9 Å². The second-order valence-corrected chi connectivity index (χ2v) is 6.58. The zero-order valence-electron chi connectivity index (χ0n) is 13.5. The van der Waals surface area contributed by atoms with E-state index in [-0.39, 0.29) is 12.0 Å². The number of carbonyl (C=O) groups is 3. The Labute approximate surface area is 133 Å². The standard InChI is InChI=1S/C16H20O7/c1-7(17)21-13-10(18)5-9(15(19)20-4)8-6-11-14(12(8)13)23-16(2,3)22-11/h5,8,11-14H,6H2,1-4H3/t8-,11+,12-,13-,14+/m0/s1. The van der Waals surface area contributed by atoms with Crippen molar-refractivity contribution in [3.8, 4) is 0 Å². The number of ketones is 1. The van der Waals surface area contributed by atoms with Gasteiger partial charge in [0, 0.05) is 24.3 Å². The fourth-order valence-electron chi connectivity index (χ4n) is 3.90. The van der Waals surface area contributed by atoms with Gasteiger partial charge in [0.15, 0.2) is 17.7 Å². The lowest BCUT2D eigenvalue weighted by molar-refractivity contribution is -0.175. The van der Waals surface area contributed by atoms with Crippen molar-refractivity contribution in [2.24, 2.45) is 11.8 Å². The molecule has 2 fully saturated rings. The van der Waals surface area contributed by atoms with Crippen LogP contribution in [0.5, 0.6) is 0 Å². The molecule has 7 heteroatoms. The van der Waals surface area contributed by atoms with Crippen LogP contribution in [0.2, 0.25) is 0 Å². The Bertz CT molecular complexity index is 591. The Hall–Kier alpha value is -1.73. The maximum absolute atomic E-state index is 12.4. The first kappa shape index (κ1) is 16.1. The van der Waals surface area contributed by atoms with E-state index in [9.17, 15) is 14.4 Å². The molecule has 1 heterocycles. The predicted octanol–water partition coefficient (Wildman–Crippen LogP) is 0.756. The number of esters is 2. The summed E-state index contributed by atoms with van der Waals surface area (Å²) in [6, 6.07) is 0. The first-order valence-corrected chi connectivity index (χ1v) is 7.60. The molecular formula is C16H20O7. The highest BCUT2D eigenvalue weighted by molar-refractivity contribution is 6.04. The molecule has 0 aromatic rings. The third-order valence-corrected chi connectivity index (χ3v) is 4.59. The summed E-state index contributed by atoms with van der Waals surface area (Å²) in [6.07, 6.45) is 0.129. The summed E-state index contributed by atoms with van der Waals surface area (Å²) in [4.78, 5) is 35.8. The van der Waals surface area contributed by atoms with Crippen molar-refractivity contribution in [2.75, 3.05) is 7.11 Å². The zero-order chi connectivity index (χ0) is 16.9. The molecule has 1 aliphatic heterocycles. The van der Waals surface area contributed by atoms with Crippen LogP contribution in [0.15, 0.2) is 11.6 Å². The first-order chi connectivity index (χ1) is 10.7.